The third-order valence-corrected chi connectivity index (χ3v) is 6.59. The van der Waals surface area contributed by atoms with Crippen molar-refractivity contribution in [3.05, 3.63) is 102 Å². The molecular weight excluding hydrogens is 438 g/mol. The molecule has 0 atom stereocenters. The van der Waals surface area contributed by atoms with Crippen LogP contribution in [0.5, 0.6) is 0 Å². The van der Waals surface area contributed by atoms with Gasteiger partial charge in [0.1, 0.15) is 12.1 Å². The van der Waals surface area contributed by atoms with Crippen LogP contribution in [-0.2, 0) is 16.6 Å². The standard InChI is InChI=1S/C24H23N5O3S/c1-17-7-8-18(2)22(13-17)33(31,32)28-21-6-4-3-5-20(21)24(30)27-15-19-9-10-23(26-14-19)29-12-11-25-16-29/h3-14,16,28H,15H2,1-2H3,(H,27,30). The number of nitrogens with zero attached hydrogens (tertiary/aromatic N) is 3. The van der Waals surface area contributed by atoms with E-state index in [2.05, 4.69) is 20.0 Å². The van der Waals surface area contributed by atoms with E-state index in [1.165, 1.54) is 0 Å². The first-order chi connectivity index (χ1) is 15.8. The highest BCUT2D eigenvalue weighted by Gasteiger charge is 2.20. The minimum Gasteiger partial charge on any atom is -0.348 e. The van der Waals surface area contributed by atoms with Gasteiger partial charge in [0.2, 0.25) is 0 Å². The Morgan fingerprint density at radius 1 is 1.06 bits per heavy atom. The van der Waals surface area contributed by atoms with Crippen molar-refractivity contribution in [2.45, 2.75) is 25.3 Å². The third kappa shape index (κ3) is 5.09. The Hall–Kier alpha value is -3.98. The number of anilines is 1. The second-order valence-electron chi connectivity index (χ2n) is 7.60. The largest absolute Gasteiger partial charge is 0.348 e. The molecule has 33 heavy (non-hydrogen) atoms. The van der Waals surface area contributed by atoms with Crippen LogP contribution in [0.25, 0.3) is 5.82 Å². The van der Waals surface area contributed by atoms with Crippen LogP contribution in [0.2, 0.25) is 0 Å². The van der Waals surface area contributed by atoms with Crippen molar-refractivity contribution >= 4 is 21.6 Å². The lowest BCUT2D eigenvalue weighted by molar-refractivity contribution is 0.0952. The molecule has 0 aliphatic heterocycles. The number of benzene rings is 2. The molecule has 2 N–H and O–H groups in total. The Bertz CT molecular complexity index is 1380. The molecule has 168 valence electrons. The SMILES string of the molecule is Cc1ccc(C)c(S(=O)(=O)Nc2ccccc2C(=O)NCc2ccc(-n3ccnc3)nc2)c1. The quantitative estimate of drug-likeness (QED) is 0.437. The van der Waals surface area contributed by atoms with Gasteiger partial charge in [0.25, 0.3) is 15.9 Å². The van der Waals surface area contributed by atoms with Gasteiger partial charge in [-0.2, -0.15) is 0 Å². The van der Waals surface area contributed by atoms with Gasteiger partial charge >= 0.3 is 0 Å². The highest BCUT2D eigenvalue weighted by Crippen LogP contribution is 2.23. The van der Waals surface area contributed by atoms with Crippen LogP contribution in [0.4, 0.5) is 5.69 Å². The zero-order valence-electron chi connectivity index (χ0n) is 18.2. The van der Waals surface area contributed by atoms with Crippen molar-refractivity contribution in [3.63, 3.8) is 0 Å². The van der Waals surface area contributed by atoms with Crippen molar-refractivity contribution in [1.82, 2.24) is 19.9 Å². The van der Waals surface area contributed by atoms with Crippen molar-refractivity contribution in [2.75, 3.05) is 4.72 Å². The molecule has 2 heterocycles. The second kappa shape index (κ2) is 9.25. The predicted octanol–water partition coefficient (Wildman–Crippen LogP) is 3.61. The number of pyridine rings is 1. The molecule has 4 aromatic rings. The molecule has 0 saturated carbocycles. The van der Waals surface area contributed by atoms with Crippen LogP contribution >= 0.6 is 0 Å². The number of amides is 1. The van der Waals surface area contributed by atoms with Gasteiger partial charge in [-0.25, -0.2) is 18.4 Å². The summed E-state index contributed by atoms with van der Waals surface area (Å²) in [5.74, 6) is 0.321. The minimum atomic E-state index is -3.86. The van der Waals surface area contributed by atoms with Crippen molar-refractivity contribution in [2.24, 2.45) is 0 Å². The molecule has 0 spiro atoms. The van der Waals surface area contributed by atoms with Gasteiger partial charge in [0.05, 0.1) is 16.1 Å². The van der Waals surface area contributed by atoms with Crippen LogP contribution in [0.1, 0.15) is 27.0 Å². The Kier molecular flexibility index (Phi) is 6.23. The lowest BCUT2D eigenvalue weighted by Gasteiger charge is -2.14. The molecule has 0 saturated heterocycles. The first kappa shape index (κ1) is 22.2. The molecule has 0 fully saturated rings. The van der Waals surface area contributed by atoms with Crippen molar-refractivity contribution in [3.8, 4) is 5.82 Å². The summed E-state index contributed by atoms with van der Waals surface area (Å²) in [7, 11) is -3.86. The number of aryl methyl sites for hydroxylation is 2. The molecule has 0 bridgehead atoms. The smallest absolute Gasteiger partial charge is 0.262 e. The van der Waals surface area contributed by atoms with E-state index in [0.717, 1.165) is 11.1 Å². The molecule has 0 aliphatic carbocycles. The van der Waals surface area contributed by atoms with Gasteiger partial charge in [-0.1, -0.05) is 30.3 Å². The number of carbonyl (C=O) groups excluding carboxylic acids is 1. The number of carbonyl (C=O) groups is 1. The van der Waals surface area contributed by atoms with Crippen molar-refractivity contribution in [1.29, 1.82) is 0 Å². The number of rotatable bonds is 7. The van der Waals surface area contributed by atoms with Gasteiger partial charge in [-0.05, 0) is 54.8 Å². The van der Waals surface area contributed by atoms with Gasteiger partial charge in [0, 0.05) is 25.1 Å². The first-order valence-corrected chi connectivity index (χ1v) is 11.7. The van der Waals surface area contributed by atoms with Gasteiger partial charge < -0.3 is 5.32 Å². The number of nitrogens with one attached hydrogen (secondary N) is 2. The second-order valence-corrected chi connectivity index (χ2v) is 9.25. The number of imidazole rings is 1. The summed E-state index contributed by atoms with van der Waals surface area (Å²) < 4.78 is 30.3. The molecule has 8 nitrogen and oxygen atoms in total. The molecule has 0 radical (unpaired) electrons. The number of sulfonamides is 1. The van der Waals surface area contributed by atoms with Crippen LogP contribution in [-0.4, -0.2) is 28.9 Å². The third-order valence-electron chi connectivity index (χ3n) is 5.08. The van der Waals surface area contributed by atoms with E-state index < -0.39 is 15.9 Å². The fraction of sp³-hybridized carbons (Fsp3) is 0.125. The highest BCUT2D eigenvalue weighted by molar-refractivity contribution is 7.92. The lowest BCUT2D eigenvalue weighted by atomic mass is 10.1. The fourth-order valence-corrected chi connectivity index (χ4v) is 4.72. The first-order valence-electron chi connectivity index (χ1n) is 10.2. The minimum absolute atomic E-state index is 0.182. The Morgan fingerprint density at radius 2 is 1.88 bits per heavy atom. The van der Waals surface area contributed by atoms with Gasteiger partial charge in [0.15, 0.2) is 0 Å². The number of hydrogen-bond acceptors (Lipinski definition) is 5. The van der Waals surface area contributed by atoms with E-state index in [1.54, 1.807) is 72.8 Å². The van der Waals surface area contributed by atoms with Crippen LogP contribution in [0.3, 0.4) is 0 Å². The summed E-state index contributed by atoms with van der Waals surface area (Å²) in [4.78, 5) is 21.4. The van der Waals surface area contributed by atoms with E-state index in [9.17, 15) is 13.2 Å². The molecule has 0 aliphatic rings. The average molecular weight is 462 g/mol. The summed E-state index contributed by atoms with van der Waals surface area (Å²) in [6.45, 7) is 3.81. The zero-order valence-corrected chi connectivity index (χ0v) is 19.0. The number of aromatic nitrogens is 3. The van der Waals surface area contributed by atoms with E-state index in [1.807, 2.05) is 25.1 Å². The summed E-state index contributed by atoms with van der Waals surface area (Å²) in [6.07, 6.45) is 6.78. The molecule has 0 unspecified atom stereocenters. The number of para-hydroxylation sites is 1. The van der Waals surface area contributed by atoms with Crippen LogP contribution in [0.15, 0.2) is 84.4 Å². The Morgan fingerprint density at radius 3 is 2.61 bits per heavy atom. The number of hydrogen-bond donors (Lipinski definition) is 2. The maximum absolute atomic E-state index is 13.0. The molecule has 4 rings (SSSR count). The van der Waals surface area contributed by atoms with E-state index >= 15 is 0 Å². The van der Waals surface area contributed by atoms with E-state index in [0.29, 0.717) is 11.4 Å². The van der Waals surface area contributed by atoms with Gasteiger partial charge in [-0.15, -0.1) is 0 Å². The molecule has 2 aromatic carbocycles. The molecular formula is C24H23N5O3S. The molecule has 2 aromatic heterocycles. The van der Waals surface area contributed by atoms with E-state index in [4.69, 9.17) is 0 Å². The fourth-order valence-electron chi connectivity index (χ4n) is 3.31. The topological polar surface area (TPSA) is 106 Å². The lowest BCUT2D eigenvalue weighted by Crippen LogP contribution is -2.25. The van der Waals surface area contributed by atoms with E-state index in [-0.39, 0.29) is 22.7 Å². The highest BCUT2D eigenvalue weighted by atomic mass is 32.2. The zero-order chi connectivity index (χ0) is 23.4. The van der Waals surface area contributed by atoms with Crippen molar-refractivity contribution < 1.29 is 13.2 Å². The van der Waals surface area contributed by atoms with Crippen LogP contribution < -0.4 is 10.0 Å². The predicted molar refractivity (Wildman–Crippen MR) is 126 cm³/mol. The average Bonchev–Trinajstić information content (AvgIpc) is 3.34. The summed E-state index contributed by atoms with van der Waals surface area (Å²) >= 11 is 0. The maximum Gasteiger partial charge on any atom is 0.262 e. The monoisotopic (exact) mass is 461 g/mol. The Labute approximate surface area is 192 Å². The maximum atomic E-state index is 13.0. The summed E-state index contributed by atoms with van der Waals surface area (Å²) in [6, 6.07) is 15.4. The summed E-state index contributed by atoms with van der Waals surface area (Å²) in [5.41, 5.74) is 2.71. The van der Waals surface area contributed by atoms with Crippen LogP contribution in [0, 0.1) is 13.8 Å². The normalized spacial score (nSPS) is 11.2. The van der Waals surface area contributed by atoms with Gasteiger partial charge in [-0.3, -0.25) is 14.1 Å². The summed E-state index contributed by atoms with van der Waals surface area (Å²) in [5, 5.41) is 2.82. The molecule has 9 heteroatoms. The molecule has 1 amide bonds. The Balaban J connectivity index is 1.49.